The minimum absolute atomic E-state index is 0.120. The molecule has 1 aromatic carbocycles. The Balaban J connectivity index is 2.86. The monoisotopic (exact) mass is 311 g/mol. The largest absolute Gasteiger partial charge is 0.481 e. The summed E-state index contributed by atoms with van der Waals surface area (Å²) in [5, 5.41) is 12.4. The molecule has 0 heterocycles. The smallest absolute Gasteiger partial charge is 0.305 e. The Kier molecular flexibility index (Phi) is 6.69. The van der Waals surface area contributed by atoms with E-state index in [2.05, 4.69) is 5.32 Å². The molecule has 0 bridgehead atoms. The Morgan fingerprint density at radius 3 is 2.29 bits per heavy atom. The van der Waals surface area contributed by atoms with Gasteiger partial charge < -0.3 is 10.4 Å². The van der Waals surface area contributed by atoms with Gasteiger partial charge in [0.2, 0.25) is 5.91 Å². The molecule has 0 saturated carbocycles. The van der Waals surface area contributed by atoms with Crippen LogP contribution >= 0.6 is 11.6 Å². The van der Waals surface area contributed by atoms with Crippen molar-refractivity contribution in [2.45, 2.75) is 39.7 Å². The number of carboxylic acid groups (broad SMARTS) is 1. The predicted octanol–water partition coefficient (Wildman–Crippen LogP) is 3.65. The average molecular weight is 312 g/mol. The van der Waals surface area contributed by atoms with E-state index in [1.807, 2.05) is 20.8 Å². The Bertz CT molecular complexity index is 487. The van der Waals surface area contributed by atoms with Crippen LogP contribution in [0, 0.1) is 11.8 Å². The first-order chi connectivity index (χ1) is 9.85. The third-order valence-electron chi connectivity index (χ3n) is 3.88. The molecule has 5 heteroatoms. The summed E-state index contributed by atoms with van der Waals surface area (Å²) in [5.74, 6) is -0.976. The number of amides is 1. The minimum Gasteiger partial charge on any atom is -0.481 e. The lowest BCUT2D eigenvalue weighted by atomic mass is 9.92. The first kappa shape index (κ1) is 17.5. The standard InChI is InChI=1S/C16H22ClNO3/c1-4-10(2)11(3)16(21)18-14(9-15(19)20)12-5-7-13(17)8-6-12/h5-8,10-11,14H,4,9H2,1-3H3,(H,18,21)(H,19,20)/t10?,11?,14-/m0/s1. The van der Waals surface area contributed by atoms with Crippen LogP contribution in [-0.4, -0.2) is 17.0 Å². The first-order valence-corrected chi connectivity index (χ1v) is 7.50. The molecule has 1 rings (SSSR count). The van der Waals surface area contributed by atoms with E-state index in [4.69, 9.17) is 16.7 Å². The molecule has 0 spiro atoms. The molecular formula is C16H22ClNO3. The van der Waals surface area contributed by atoms with Crippen molar-refractivity contribution in [1.29, 1.82) is 0 Å². The summed E-state index contributed by atoms with van der Waals surface area (Å²) in [6.07, 6.45) is 0.750. The lowest BCUT2D eigenvalue weighted by Crippen LogP contribution is -2.36. The number of benzene rings is 1. The SMILES string of the molecule is CCC(C)C(C)C(=O)N[C@@H](CC(=O)O)c1ccc(Cl)cc1. The molecule has 1 aromatic rings. The number of rotatable bonds is 7. The molecule has 1 amide bonds. The van der Waals surface area contributed by atoms with Gasteiger partial charge in [0.05, 0.1) is 12.5 Å². The molecule has 2 unspecified atom stereocenters. The van der Waals surface area contributed by atoms with Crippen molar-refractivity contribution in [1.82, 2.24) is 5.32 Å². The van der Waals surface area contributed by atoms with E-state index in [0.29, 0.717) is 5.02 Å². The molecule has 0 fully saturated rings. The Labute approximate surface area is 130 Å². The van der Waals surface area contributed by atoms with Gasteiger partial charge in [-0.3, -0.25) is 9.59 Å². The van der Waals surface area contributed by atoms with Crippen LogP contribution in [0.1, 0.15) is 45.2 Å². The fraction of sp³-hybridized carbons (Fsp3) is 0.500. The van der Waals surface area contributed by atoms with Gasteiger partial charge in [-0.15, -0.1) is 0 Å². The van der Waals surface area contributed by atoms with Crippen LogP contribution in [-0.2, 0) is 9.59 Å². The number of halogens is 1. The highest BCUT2D eigenvalue weighted by molar-refractivity contribution is 6.30. The Hall–Kier alpha value is -1.55. The van der Waals surface area contributed by atoms with Gasteiger partial charge in [-0.2, -0.15) is 0 Å². The highest BCUT2D eigenvalue weighted by Gasteiger charge is 2.23. The summed E-state index contributed by atoms with van der Waals surface area (Å²) < 4.78 is 0. The second-order valence-electron chi connectivity index (χ2n) is 5.38. The van der Waals surface area contributed by atoms with E-state index in [1.54, 1.807) is 24.3 Å². The molecule has 0 aliphatic heterocycles. The minimum atomic E-state index is -0.952. The van der Waals surface area contributed by atoms with Crippen LogP contribution in [0.4, 0.5) is 0 Å². The molecule has 116 valence electrons. The van der Waals surface area contributed by atoms with Gasteiger partial charge in [-0.05, 0) is 23.6 Å². The zero-order valence-corrected chi connectivity index (χ0v) is 13.4. The number of aliphatic carboxylic acids is 1. The van der Waals surface area contributed by atoms with E-state index < -0.39 is 12.0 Å². The van der Waals surface area contributed by atoms with Crippen LogP contribution < -0.4 is 5.32 Å². The third kappa shape index (κ3) is 5.38. The molecule has 0 aromatic heterocycles. The Morgan fingerprint density at radius 1 is 1.24 bits per heavy atom. The Morgan fingerprint density at radius 2 is 1.81 bits per heavy atom. The highest BCUT2D eigenvalue weighted by Crippen LogP contribution is 2.22. The molecule has 0 radical (unpaired) electrons. The summed E-state index contributed by atoms with van der Waals surface area (Å²) in [7, 11) is 0. The summed E-state index contributed by atoms with van der Waals surface area (Å²) in [6.45, 7) is 5.91. The summed E-state index contributed by atoms with van der Waals surface area (Å²) in [5.41, 5.74) is 0.742. The fourth-order valence-corrected chi connectivity index (χ4v) is 2.16. The van der Waals surface area contributed by atoms with Crippen molar-refractivity contribution in [3.05, 3.63) is 34.9 Å². The highest BCUT2D eigenvalue weighted by atomic mass is 35.5. The van der Waals surface area contributed by atoms with Crippen LogP contribution in [0.15, 0.2) is 24.3 Å². The molecule has 3 atom stereocenters. The number of hydrogen-bond acceptors (Lipinski definition) is 2. The van der Waals surface area contributed by atoms with Gasteiger partial charge in [0.25, 0.3) is 0 Å². The fourth-order valence-electron chi connectivity index (χ4n) is 2.04. The topological polar surface area (TPSA) is 66.4 Å². The van der Waals surface area contributed by atoms with Crippen molar-refractivity contribution in [2.24, 2.45) is 11.8 Å². The zero-order chi connectivity index (χ0) is 16.0. The van der Waals surface area contributed by atoms with E-state index in [9.17, 15) is 9.59 Å². The van der Waals surface area contributed by atoms with Crippen molar-refractivity contribution >= 4 is 23.5 Å². The molecule has 4 nitrogen and oxygen atoms in total. The van der Waals surface area contributed by atoms with Crippen LogP contribution in [0.5, 0.6) is 0 Å². The van der Waals surface area contributed by atoms with Gasteiger partial charge in [-0.1, -0.05) is 50.9 Å². The number of carbonyl (C=O) groups excluding carboxylic acids is 1. The normalized spacial score (nSPS) is 15.0. The lowest BCUT2D eigenvalue weighted by molar-refractivity contribution is -0.138. The van der Waals surface area contributed by atoms with Crippen LogP contribution in [0.3, 0.4) is 0 Å². The molecule has 0 aliphatic rings. The number of carboxylic acids is 1. The first-order valence-electron chi connectivity index (χ1n) is 7.12. The number of nitrogens with one attached hydrogen (secondary N) is 1. The molecule has 0 saturated heterocycles. The summed E-state index contributed by atoms with van der Waals surface area (Å²) >= 11 is 5.83. The molecule has 21 heavy (non-hydrogen) atoms. The maximum Gasteiger partial charge on any atom is 0.305 e. The molecular weight excluding hydrogens is 290 g/mol. The number of hydrogen-bond donors (Lipinski definition) is 2. The lowest BCUT2D eigenvalue weighted by Gasteiger charge is -2.23. The van der Waals surface area contributed by atoms with E-state index in [-0.39, 0.29) is 24.2 Å². The van der Waals surface area contributed by atoms with Gasteiger partial charge in [-0.25, -0.2) is 0 Å². The maximum atomic E-state index is 12.2. The van der Waals surface area contributed by atoms with E-state index in [1.165, 1.54) is 0 Å². The molecule has 0 aliphatic carbocycles. The summed E-state index contributed by atoms with van der Waals surface area (Å²) in [4.78, 5) is 23.3. The van der Waals surface area contributed by atoms with Crippen molar-refractivity contribution in [2.75, 3.05) is 0 Å². The van der Waals surface area contributed by atoms with Crippen molar-refractivity contribution < 1.29 is 14.7 Å². The quantitative estimate of drug-likeness (QED) is 0.807. The third-order valence-corrected chi connectivity index (χ3v) is 4.13. The summed E-state index contributed by atoms with van der Waals surface area (Å²) in [6, 6.07) is 6.32. The van der Waals surface area contributed by atoms with Crippen molar-refractivity contribution in [3.63, 3.8) is 0 Å². The molecule has 2 N–H and O–H groups in total. The predicted molar refractivity (Wildman–Crippen MR) is 83.2 cm³/mol. The van der Waals surface area contributed by atoms with Gasteiger partial charge in [0.15, 0.2) is 0 Å². The van der Waals surface area contributed by atoms with Crippen LogP contribution in [0.25, 0.3) is 0 Å². The van der Waals surface area contributed by atoms with E-state index >= 15 is 0 Å². The maximum absolute atomic E-state index is 12.2. The second-order valence-corrected chi connectivity index (χ2v) is 5.82. The van der Waals surface area contributed by atoms with Crippen LogP contribution in [0.2, 0.25) is 5.02 Å². The number of carbonyl (C=O) groups is 2. The van der Waals surface area contributed by atoms with E-state index in [0.717, 1.165) is 12.0 Å². The van der Waals surface area contributed by atoms with Crippen molar-refractivity contribution in [3.8, 4) is 0 Å². The van der Waals surface area contributed by atoms with Gasteiger partial charge in [0.1, 0.15) is 0 Å². The zero-order valence-electron chi connectivity index (χ0n) is 12.6. The van der Waals surface area contributed by atoms with Gasteiger partial charge >= 0.3 is 5.97 Å². The van der Waals surface area contributed by atoms with Gasteiger partial charge in [0, 0.05) is 10.9 Å². The average Bonchev–Trinajstić information content (AvgIpc) is 2.45. The second kappa shape index (κ2) is 8.03.